The van der Waals surface area contributed by atoms with Crippen LogP contribution < -0.4 is 10.2 Å². The summed E-state index contributed by atoms with van der Waals surface area (Å²) >= 11 is 0. The summed E-state index contributed by atoms with van der Waals surface area (Å²) in [5.74, 6) is -0.605. The fourth-order valence-corrected chi connectivity index (χ4v) is 3.52. The zero-order valence-corrected chi connectivity index (χ0v) is 16.6. The minimum atomic E-state index is -1.84. The lowest BCUT2D eigenvalue weighted by molar-refractivity contribution is -0.128. The molecule has 154 valence electrons. The molecule has 1 aliphatic rings. The number of hydrogen-bond donors (Lipinski definition) is 3. The maximum absolute atomic E-state index is 12.6. The smallest absolute Gasteiger partial charge is 0.280 e. The van der Waals surface area contributed by atoms with Crippen molar-refractivity contribution in [2.75, 3.05) is 14.2 Å². The highest BCUT2D eigenvalue weighted by Crippen LogP contribution is 2.45. The molecule has 0 spiro atoms. The van der Waals surface area contributed by atoms with Crippen molar-refractivity contribution in [1.29, 1.82) is 0 Å². The van der Waals surface area contributed by atoms with Crippen LogP contribution in [0.15, 0.2) is 35.6 Å². The van der Waals surface area contributed by atoms with Crippen LogP contribution in [-0.2, 0) is 19.2 Å². The molecule has 0 saturated carbocycles. The number of rotatable bonds is 8. The predicted octanol–water partition coefficient (Wildman–Crippen LogP) is 2.62. The molecule has 0 bridgehead atoms. The van der Waals surface area contributed by atoms with E-state index in [1.54, 1.807) is 25.2 Å². The number of hydrogen-bond acceptors (Lipinski definition) is 6. The lowest BCUT2D eigenvalue weighted by Gasteiger charge is -2.25. The van der Waals surface area contributed by atoms with E-state index in [4.69, 9.17) is 14.3 Å². The van der Waals surface area contributed by atoms with Crippen molar-refractivity contribution in [2.24, 2.45) is 0 Å². The number of amides is 1. The van der Waals surface area contributed by atoms with Crippen LogP contribution >= 0.6 is 0 Å². The predicted molar refractivity (Wildman–Crippen MR) is 106 cm³/mol. The van der Waals surface area contributed by atoms with Crippen LogP contribution in [0.5, 0.6) is 5.75 Å². The van der Waals surface area contributed by atoms with Gasteiger partial charge in [0.2, 0.25) is 11.5 Å². The zero-order valence-electron chi connectivity index (χ0n) is 16.6. The first-order chi connectivity index (χ1) is 14.0. The number of aliphatic hydroxyl groups is 1. The second-order valence-corrected chi connectivity index (χ2v) is 6.80. The zero-order chi connectivity index (χ0) is 21.0. The maximum atomic E-state index is 12.6. The van der Waals surface area contributed by atoms with Crippen LogP contribution in [0.1, 0.15) is 38.3 Å². The van der Waals surface area contributed by atoms with Crippen molar-refractivity contribution in [3.8, 4) is 5.75 Å². The van der Waals surface area contributed by atoms with Gasteiger partial charge in [0.25, 0.3) is 5.91 Å². The summed E-state index contributed by atoms with van der Waals surface area (Å²) in [6.45, 7) is 2.04. The number of carbonyl (C=O) groups excluding carboxylic acids is 2. The maximum Gasteiger partial charge on any atom is 0.280 e. The highest BCUT2D eigenvalue weighted by Gasteiger charge is 2.48. The average Bonchev–Trinajstić information content (AvgIpc) is 3.25. The van der Waals surface area contributed by atoms with Crippen LogP contribution in [0.2, 0.25) is 0 Å². The van der Waals surface area contributed by atoms with Crippen molar-refractivity contribution in [1.82, 2.24) is 10.5 Å². The Kier molecular flexibility index (Phi) is 6.08. The third-order valence-corrected chi connectivity index (χ3v) is 4.87. The first kappa shape index (κ1) is 20.7. The Morgan fingerprint density at radius 3 is 2.76 bits per heavy atom. The van der Waals surface area contributed by atoms with Crippen molar-refractivity contribution in [3.05, 3.63) is 41.3 Å². The van der Waals surface area contributed by atoms with E-state index in [1.807, 2.05) is 19.1 Å². The van der Waals surface area contributed by atoms with E-state index >= 15 is 0 Å². The van der Waals surface area contributed by atoms with Gasteiger partial charge < -0.3 is 19.6 Å². The van der Waals surface area contributed by atoms with Crippen LogP contribution in [-0.4, -0.2) is 41.9 Å². The van der Waals surface area contributed by atoms with Crippen LogP contribution in [0.25, 0.3) is 16.5 Å². The number of aromatic amines is 1. The molecule has 1 aromatic carbocycles. The first-order valence-electron chi connectivity index (χ1n) is 9.39. The molecule has 1 amide bonds. The summed E-state index contributed by atoms with van der Waals surface area (Å²) in [6.07, 6.45) is 2.66. The van der Waals surface area contributed by atoms with Gasteiger partial charge in [0, 0.05) is 23.0 Å². The molecular formula is C21H24N2O6. The van der Waals surface area contributed by atoms with Crippen molar-refractivity contribution < 1.29 is 29.0 Å². The number of methoxy groups -OCH3 is 1. The Morgan fingerprint density at radius 1 is 1.31 bits per heavy atom. The normalized spacial score (nSPS) is 18.7. The SMILES string of the molecule is CCCCCC1(O)OC(=C=O)C(C(=O)NOC)=C1c1cc2cc(OC)ccc2[nH]1. The molecule has 1 aromatic heterocycles. The van der Waals surface area contributed by atoms with Crippen molar-refractivity contribution in [3.63, 3.8) is 0 Å². The molecule has 0 fully saturated rings. The fourth-order valence-electron chi connectivity index (χ4n) is 3.52. The van der Waals surface area contributed by atoms with Gasteiger partial charge >= 0.3 is 0 Å². The number of H-pyrrole nitrogens is 1. The molecule has 1 aliphatic heterocycles. The largest absolute Gasteiger partial charge is 0.497 e. The minimum Gasteiger partial charge on any atom is -0.497 e. The second kappa shape index (κ2) is 8.53. The first-order valence-corrected chi connectivity index (χ1v) is 9.39. The molecule has 29 heavy (non-hydrogen) atoms. The van der Waals surface area contributed by atoms with E-state index in [0.717, 1.165) is 23.7 Å². The van der Waals surface area contributed by atoms with Crippen molar-refractivity contribution in [2.45, 2.75) is 38.4 Å². The minimum absolute atomic E-state index is 0.112. The molecule has 2 aromatic rings. The number of unbranched alkanes of at least 4 members (excludes halogenated alkanes) is 2. The number of ether oxygens (including phenoxy) is 2. The fraction of sp³-hybridized carbons (Fsp3) is 0.381. The second-order valence-electron chi connectivity index (χ2n) is 6.80. The Labute approximate surface area is 168 Å². The Balaban J connectivity index is 2.18. The molecule has 3 rings (SSSR count). The van der Waals surface area contributed by atoms with Gasteiger partial charge in [-0.15, -0.1) is 0 Å². The molecule has 8 heteroatoms. The van der Waals surface area contributed by atoms with E-state index < -0.39 is 11.7 Å². The molecule has 1 unspecified atom stereocenters. The third-order valence-electron chi connectivity index (χ3n) is 4.87. The number of hydroxylamine groups is 1. The van der Waals surface area contributed by atoms with Gasteiger partial charge in [-0.3, -0.25) is 9.63 Å². The number of nitrogens with one attached hydrogen (secondary N) is 2. The molecular weight excluding hydrogens is 376 g/mol. The molecule has 1 atom stereocenters. The highest BCUT2D eigenvalue weighted by atomic mass is 16.6. The summed E-state index contributed by atoms with van der Waals surface area (Å²) in [6, 6.07) is 7.23. The standard InChI is InChI=1S/C21H24N2O6/c1-4-5-6-9-21(26)19(18(17(12-24)29-21)20(25)23-28-3)16-11-13-10-14(27-2)7-8-15(13)22-16/h7-8,10-11,22,26H,4-6,9H2,1-3H3,(H,23,25). The van der Waals surface area contributed by atoms with Crippen molar-refractivity contribution >= 4 is 28.3 Å². The molecule has 0 saturated heterocycles. The number of fused-ring (bicyclic) bond motifs is 1. The Bertz CT molecular complexity index is 1000. The van der Waals surface area contributed by atoms with E-state index in [9.17, 15) is 14.7 Å². The quantitative estimate of drug-likeness (QED) is 0.357. The topological polar surface area (TPSA) is 110 Å². The van der Waals surface area contributed by atoms with E-state index in [1.165, 1.54) is 7.11 Å². The van der Waals surface area contributed by atoms with E-state index in [-0.39, 0.29) is 23.3 Å². The lowest BCUT2D eigenvalue weighted by Crippen LogP contribution is -2.30. The third kappa shape index (κ3) is 3.91. The van der Waals surface area contributed by atoms with Crippen LogP contribution in [0.3, 0.4) is 0 Å². The van der Waals surface area contributed by atoms with Gasteiger partial charge in [-0.05, 0) is 30.7 Å². The van der Waals surface area contributed by atoms with E-state index in [2.05, 4.69) is 10.5 Å². The number of benzene rings is 1. The Hall–Kier alpha value is -3.06. The summed E-state index contributed by atoms with van der Waals surface area (Å²) in [7, 11) is 2.85. The average molecular weight is 400 g/mol. The molecule has 3 N–H and O–H groups in total. The summed E-state index contributed by atoms with van der Waals surface area (Å²) in [4.78, 5) is 32.0. The van der Waals surface area contributed by atoms with Crippen LogP contribution in [0.4, 0.5) is 0 Å². The molecule has 0 radical (unpaired) electrons. The molecule has 8 nitrogen and oxygen atoms in total. The molecule has 0 aliphatic carbocycles. The molecule has 2 heterocycles. The monoisotopic (exact) mass is 400 g/mol. The number of carbonyl (C=O) groups is 1. The Morgan fingerprint density at radius 2 is 2.10 bits per heavy atom. The van der Waals surface area contributed by atoms with Gasteiger partial charge in [0.15, 0.2) is 5.94 Å². The van der Waals surface area contributed by atoms with Gasteiger partial charge in [-0.25, -0.2) is 10.3 Å². The summed E-state index contributed by atoms with van der Waals surface area (Å²) < 4.78 is 10.8. The van der Waals surface area contributed by atoms with Gasteiger partial charge in [-0.2, -0.15) is 0 Å². The van der Waals surface area contributed by atoms with E-state index in [0.29, 0.717) is 17.9 Å². The highest BCUT2D eigenvalue weighted by molar-refractivity contribution is 6.09. The summed E-state index contributed by atoms with van der Waals surface area (Å²) in [5, 5.41) is 12.1. The van der Waals surface area contributed by atoms with Gasteiger partial charge in [0.05, 0.1) is 19.8 Å². The number of aromatic nitrogens is 1. The lowest BCUT2D eigenvalue weighted by atomic mass is 9.93. The van der Waals surface area contributed by atoms with Gasteiger partial charge in [0.1, 0.15) is 11.3 Å². The van der Waals surface area contributed by atoms with Crippen LogP contribution in [0, 0.1) is 0 Å². The van der Waals surface area contributed by atoms with Gasteiger partial charge in [-0.1, -0.05) is 19.8 Å². The summed E-state index contributed by atoms with van der Waals surface area (Å²) in [5.41, 5.74) is 3.49.